The molecule has 5 atom stereocenters. The molecule has 2 amide bonds. The van der Waals surface area contributed by atoms with Crippen LogP contribution in [0.2, 0.25) is 0 Å². The van der Waals surface area contributed by atoms with Crippen molar-refractivity contribution in [2.45, 2.75) is 42.7 Å². The van der Waals surface area contributed by atoms with Gasteiger partial charge < -0.3 is 24.5 Å². The Morgan fingerprint density at radius 3 is 2.54 bits per heavy atom. The van der Waals surface area contributed by atoms with Crippen LogP contribution >= 0.6 is 11.8 Å². The number of anilines is 2. The molecule has 1 N–H and O–H groups in total. The molecule has 0 bridgehead atoms. The summed E-state index contributed by atoms with van der Waals surface area (Å²) in [5, 5.41) is 9.12. The predicted molar refractivity (Wildman–Crippen MR) is 145 cm³/mol. The van der Waals surface area contributed by atoms with Crippen LogP contribution in [-0.2, 0) is 19.1 Å². The number of hydrogen-bond acceptors (Lipinski definition) is 7. The minimum Gasteiger partial charge on any atom is -0.461 e. The maximum Gasteiger partial charge on any atom is 0.311 e. The van der Waals surface area contributed by atoms with E-state index in [1.54, 1.807) is 21.6 Å². The summed E-state index contributed by atoms with van der Waals surface area (Å²) in [6, 6.07) is 7.26. The number of fused-ring (bicyclic) bond motifs is 2. The lowest BCUT2D eigenvalue weighted by Crippen LogP contribution is -2.53. The van der Waals surface area contributed by atoms with E-state index in [-0.39, 0.29) is 36.2 Å². The summed E-state index contributed by atoms with van der Waals surface area (Å²) in [4.78, 5) is 46.9. The van der Waals surface area contributed by atoms with Gasteiger partial charge in [0, 0.05) is 49.4 Å². The summed E-state index contributed by atoms with van der Waals surface area (Å²) in [6.45, 7) is 7.00. The van der Waals surface area contributed by atoms with Crippen LogP contribution in [0.5, 0.6) is 0 Å². The monoisotopic (exact) mass is 525 g/mol. The highest BCUT2D eigenvalue weighted by molar-refractivity contribution is 8.02. The maximum absolute atomic E-state index is 14.3. The molecule has 0 saturated carbocycles. The Bertz CT molecular complexity index is 1100. The fraction of sp³-hybridized carbons (Fsp3) is 0.536. The second-order valence-electron chi connectivity index (χ2n) is 9.90. The number of rotatable bonds is 8. The third-order valence-electron chi connectivity index (χ3n) is 8.01. The fourth-order valence-electron chi connectivity index (χ4n) is 6.27. The number of ether oxygens (including phenoxy) is 1. The maximum atomic E-state index is 14.3. The molecule has 0 aliphatic carbocycles. The fourth-order valence-corrected chi connectivity index (χ4v) is 8.27. The summed E-state index contributed by atoms with van der Waals surface area (Å²) in [7, 11) is 0. The molecule has 1 spiro atoms. The number of benzene rings is 1. The van der Waals surface area contributed by atoms with E-state index in [1.165, 1.54) is 0 Å². The van der Waals surface area contributed by atoms with Gasteiger partial charge in [-0.05, 0) is 51.0 Å². The normalized spacial score (nSPS) is 30.5. The quantitative estimate of drug-likeness (QED) is 0.317. The summed E-state index contributed by atoms with van der Waals surface area (Å²) >= 11 is 1.55. The van der Waals surface area contributed by atoms with Gasteiger partial charge in [-0.3, -0.25) is 14.4 Å². The Morgan fingerprint density at radius 1 is 1.08 bits per heavy atom. The molecular formula is C28H35N3O5S. The molecule has 0 aromatic heterocycles. The molecule has 8 nitrogen and oxygen atoms in total. The zero-order valence-electron chi connectivity index (χ0n) is 21.4. The Balaban J connectivity index is 1.53. The zero-order chi connectivity index (χ0) is 26.2. The zero-order valence-corrected chi connectivity index (χ0v) is 22.2. The van der Waals surface area contributed by atoms with E-state index in [0.29, 0.717) is 25.9 Å². The lowest BCUT2D eigenvalue weighted by atomic mass is 9.78. The van der Waals surface area contributed by atoms with E-state index in [0.717, 1.165) is 24.5 Å². The van der Waals surface area contributed by atoms with Gasteiger partial charge in [0.15, 0.2) is 0 Å². The average molecular weight is 526 g/mol. The van der Waals surface area contributed by atoms with Crippen molar-refractivity contribution in [2.24, 2.45) is 11.8 Å². The Labute approximate surface area is 222 Å². The highest BCUT2D eigenvalue weighted by Gasteiger charge is 2.71. The van der Waals surface area contributed by atoms with Crippen LogP contribution in [0.4, 0.5) is 11.4 Å². The molecule has 4 aliphatic heterocycles. The van der Waals surface area contributed by atoms with Crippen LogP contribution in [-0.4, -0.2) is 83.2 Å². The first-order chi connectivity index (χ1) is 18.0. The van der Waals surface area contributed by atoms with E-state index in [9.17, 15) is 19.5 Å². The van der Waals surface area contributed by atoms with E-state index in [1.807, 2.05) is 48.6 Å². The van der Waals surface area contributed by atoms with Crippen molar-refractivity contribution in [1.82, 2.24) is 4.90 Å². The van der Waals surface area contributed by atoms with Crippen molar-refractivity contribution in [2.75, 3.05) is 49.2 Å². The van der Waals surface area contributed by atoms with Gasteiger partial charge >= 0.3 is 5.97 Å². The summed E-state index contributed by atoms with van der Waals surface area (Å²) < 4.78 is 4.57. The van der Waals surface area contributed by atoms with Gasteiger partial charge in [-0.25, -0.2) is 0 Å². The van der Waals surface area contributed by atoms with Crippen LogP contribution < -0.4 is 9.80 Å². The molecule has 4 aliphatic rings. The molecule has 198 valence electrons. The average Bonchev–Trinajstić information content (AvgIpc) is 3.19. The van der Waals surface area contributed by atoms with Crippen molar-refractivity contribution >= 4 is 40.9 Å². The number of thioether (sulfide) groups is 1. The second-order valence-corrected chi connectivity index (χ2v) is 11.4. The van der Waals surface area contributed by atoms with Crippen molar-refractivity contribution in [1.29, 1.82) is 0 Å². The van der Waals surface area contributed by atoms with Gasteiger partial charge in [0.05, 0.1) is 16.6 Å². The molecule has 1 aromatic rings. The highest BCUT2D eigenvalue weighted by atomic mass is 32.2. The van der Waals surface area contributed by atoms with Gasteiger partial charge in [-0.15, -0.1) is 11.8 Å². The summed E-state index contributed by atoms with van der Waals surface area (Å²) in [5.41, 5.74) is 1.88. The van der Waals surface area contributed by atoms with E-state index in [4.69, 9.17) is 4.74 Å². The molecule has 0 radical (unpaired) electrons. The van der Waals surface area contributed by atoms with E-state index < -0.39 is 22.6 Å². The number of hydrogen-bond donors (Lipinski definition) is 1. The standard InChI is InChI=1S/C28H35N3O5S/c1-3-29(4-2)19-10-12-20(13-11-19)30-16-8-14-28-23(22-21(37-28)9-7-18-36-27(22)35)25(33)31(15-5-6-17-32)24(28)26(30)34/h7-14,21-24,32H,3-6,15-18H2,1-2H3/t21-,22+,23-,24?,28-/m0/s1. The van der Waals surface area contributed by atoms with Gasteiger partial charge in [0.25, 0.3) is 5.91 Å². The third-order valence-corrected chi connectivity index (χ3v) is 9.75. The van der Waals surface area contributed by atoms with Crippen LogP contribution in [0.15, 0.2) is 48.6 Å². The number of unbranched alkanes of at least 4 members (excludes halogenated alkanes) is 1. The lowest BCUT2D eigenvalue weighted by Gasteiger charge is -2.35. The first-order valence-electron chi connectivity index (χ1n) is 13.2. The number of aliphatic hydroxyl groups is 1. The number of likely N-dealkylation sites (tertiary alicyclic amines) is 1. The van der Waals surface area contributed by atoms with Gasteiger partial charge in [0.2, 0.25) is 5.91 Å². The number of esters is 1. The smallest absolute Gasteiger partial charge is 0.311 e. The molecule has 4 heterocycles. The van der Waals surface area contributed by atoms with Gasteiger partial charge in [0.1, 0.15) is 12.6 Å². The Morgan fingerprint density at radius 2 is 1.84 bits per heavy atom. The van der Waals surface area contributed by atoms with E-state index in [2.05, 4.69) is 18.7 Å². The first kappa shape index (κ1) is 25.9. The minimum atomic E-state index is -0.848. The summed E-state index contributed by atoms with van der Waals surface area (Å²) in [6.07, 6.45) is 8.90. The lowest BCUT2D eigenvalue weighted by molar-refractivity contribution is -0.151. The summed E-state index contributed by atoms with van der Waals surface area (Å²) in [5.74, 6) is -1.97. The van der Waals surface area contributed by atoms with Crippen molar-refractivity contribution in [3.63, 3.8) is 0 Å². The number of nitrogens with zero attached hydrogens (tertiary/aromatic N) is 3. The molecule has 9 heteroatoms. The number of amides is 2. The van der Waals surface area contributed by atoms with Crippen molar-refractivity contribution in [3.8, 4) is 0 Å². The number of carbonyl (C=O) groups excluding carboxylic acids is 3. The SMILES string of the molecule is CCN(CC)c1ccc(N2CC=C[C@]34S[C@H]5C=CCOC(=O)[C@H]5[C@H]3C(=O)N(CCCCO)C4C2=O)cc1. The molecule has 2 saturated heterocycles. The van der Waals surface area contributed by atoms with Crippen LogP contribution in [0.25, 0.3) is 0 Å². The number of cyclic esters (lactones) is 1. The minimum absolute atomic E-state index is 0.0245. The molecular weight excluding hydrogens is 490 g/mol. The highest BCUT2D eigenvalue weighted by Crippen LogP contribution is 2.61. The number of aliphatic hydroxyl groups excluding tert-OH is 1. The second kappa shape index (κ2) is 10.5. The largest absolute Gasteiger partial charge is 0.461 e. The molecule has 1 aromatic carbocycles. The molecule has 37 heavy (non-hydrogen) atoms. The molecule has 5 rings (SSSR count). The van der Waals surface area contributed by atoms with Crippen LogP contribution in [0.3, 0.4) is 0 Å². The van der Waals surface area contributed by atoms with E-state index >= 15 is 0 Å². The topological polar surface area (TPSA) is 90.4 Å². The predicted octanol–water partition coefficient (Wildman–Crippen LogP) is 2.62. The Hall–Kier alpha value is -2.78. The molecule has 2 fully saturated rings. The van der Waals surface area contributed by atoms with Crippen molar-refractivity contribution < 1.29 is 24.2 Å². The van der Waals surface area contributed by atoms with Gasteiger partial charge in [-0.1, -0.05) is 24.3 Å². The third kappa shape index (κ3) is 4.26. The van der Waals surface area contributed by atoms with Crippen LogP contribution in [0, 0.1) is 11.8 Å². The first-order valence-corrected chi connectivity index (χ1v) is 14.1. The Kier molecular flexibility index (Phi) is 7.36. The number of carbonyl (C=O) groups is 3. The van der Waals surface area contributed by atoms with Crippen LogP contribution in [0.1, 0.15) is 26.7 Å². The molecule has 1 unspecified atom stereocenters. The van der Waals surface area contributed by atoms with Crippen molar-refractivity contribution in [3.05, 3.63) is 48.6 Å². The van der Waals surface area contributed by atoms with Gasteiger partial charge in [-0.2, -0.15) is 0 Å².